The van der Waals surface area contributed by atoms with E-state index in [-0.39, 0.29) is 11.9 Å². The smallest absolute Gasteiger partial charge is 0.332 e. The second-order valence-corrected chi connectivity index (χ2v) is 8.60. The first-order valence-corrected chi connectivity index (χ1v) is 13.0. The third-order valence-corrected chi connectivity index (χ3v) is 5.55. The van der Waals surface area contributed by atoms with E-state index in [9.17, 15) is 4.79 Å². The van der Waals surface area contributed by atoms with Crippen molar-refractivity contribution in [1.29, 1.82) is 0 Å². The zero-order valence-corrected chi connectivity index (χ0v) is 20.2. The standard InChI is InChI=1S/C25H51N3O2/c1-3-5-7-9-10-11-12-13-14-15-16-17-18-19-20-22-24(29)30-28-25(26)27-23-21-8-6-4-2/h3-23H2,1-2H3,(H3,26,27,28). The van der Waals surface area contributed by atoms with Crippen molar-refractivity contribution < 1.29 is 9.63 Å². The Kier molecular flexibility index (Phi) is 23.0. The number of carbonyl (C=O) groups excluding carboxylic acids is 1. The minimum Gasteiger partial charge on any atom is -0.368 e. The van der Waals surface area contributed by atoms with E-state index in [4.69, 9.17) is 10.6 Å². The molecule has 0 spiro atoms. The average Bonchev–Trinajstić information content (AvgIpc) is 2.74. The lowest BCUT2D eigenvalue weighted by atomic mass is 10.0. The molecule has 0 rings (SSSR count). The van der Waals surface area contributed by atoms with Crippen LogP contribution in [0.25, 0.3) is 0 Å². The highest BCUT2D eigenvalue weighted by Gasteiger charge is 2.03. The van der Waals surface area contributed by atoms with Gasteiger partial charge in [-0.05, 0) is 12.8 Å². The van der Waals surface area contributed by atoms with E-state index >= 15 is 0 Å². The number of unbranched alkanes of at least 4 members (excludes halogenated alkanes) is 17. The van der Waals surface area contributed by atoms with Crippen molar-refractivity contribution in [2.24, 2.45) is 10.7 Å². The van der Waals surface area contributed by atoms with E-state index in [1.807, 2.05) is 0 Å². The van der Waals surface area contributed by atoms with Crippen LogP contribution < -0.4 is 11.2 Å². The summed E-state index contributed by atoms with van der Waals surface area (Å²) in [5.74, 6) is -0.0647. The van der Waals surface area contributed by atoms with Gasteiger partial charge in [0, 0.05) is 13.0 Å². The van der Waals surface area contributed by atoms with Gasteiger partial charge in [0.1, 0.15) is 0 Å². The van der Waals surface area contributed by atoms with E-state index < -0.39 is 0 Å². The van der Waals surface area contributed by atoms with Gasteiger partial charge in [-0.3, -0.25) is 4.99 Å². The predicted molar refractivity (Wildman–Crippen MR) is 129 cm³/mol. The monoisotopic (exact) mass is 425 g/mol. The zero-order chi connectivity index (χ0) is 22.1. The van der Waals surface area contributed by atoms with Crippen molar-refractivity contribution in [1.82, 2.24) is 5.48 Å². The van der Waals surface area contributed by atoms with Crippen LogP contribution in [0.1, 0.15) is 142 Å². The molecule has 0 fully saturated rings. The van der Waals surface area contributed by atoms with Gasteiger partial charge in [0.15, 0.2) is 0 Å². The van der Waals surface area contributed by atoms with Crippen LogP contribution in [0, 0.1) is 0 Å². The van der Waals surface area contributed by atoms with Gasteiger partial charge in [0.05, 0.1) is 0 Å². The van der Waals surface area contributed by atoms with Crippen LogP contribution in [-0.4, -0.2) is 18.5 Å². The first kappa shape index (κ1) is 28.7. The summed E-state index contributed by atoms with van der Waals surface area (Å²) in [5.41, 5.74) is 8.14. The van der Waals surface area contributed by atoms with E-state index in [2.05, 4.69) is 24.3 Å². The van der Waals surface area contributed by atoms with E-state index in [0.29, 0.717) is 13.0 Å². The van der Waals surface area contributed by atoms with Crippen molar-refractivity contribution in [2.75, 3.05) is 6.54 Å². The number of rotatable bonds is 21. The van der Waals surface area contributed by atoms with E-state index in [1.165, 1.54) is 96.3 Å². The second-order valence-electron chi connectivity index (χ2n) is 8.60. The predicted octanol–water partition coefficient (Wildman–Crippen LogP) is 7.19. The van der Waals surface area contributed by atoms with Crippen LogP contribution in [-0.2, 0) is 9.63 Å². The molecule has 0 aliphatic carbocycles. The third kappa shape index (κ3) is 23.0. The van der Waals surface area contributed by atoms with Crippen LogP contribution in [0.15, 0.2) is 4.99 Å². The minimum absolute atomic E-state index is 0.191. The first-order valence-electron chi connectivity index (χ1n) is 13.0. The van der Waals surface area contributed by atoms with E-state index in [0.717, 1.165) is 25.7 Å². The molecule has 0 aromatic rings. The first-order chi connectivity index (χ1) is 14.7. The molecule has 0 radical (unpaired) electrons. The molecule has 0 aliphatic rings. The molecule has 0 aromatic heterocycles. The summed E-state index contributed by atoms with van der Waals surface area (Å²) in [4.78, 5) is 20.8. The van der Waals surface area contributed by atoms with Crippen molar-refractivity contribution >= 4 is 11.9 Å². The SMILES string of the molecule is CCCCCCCCCCCCCCCCCC(=O)ONC(N)=NCCCCCC. The molecule has 0 aliphatic heterocycles. The fraction of sp³-hybridized carbons (Fsp3) is 0.920. The molecular formula is C25H51N3O2. The number of hydrogen-bond acceptors (Lipinski definition) is 3. The number of carbonyl (C=O) groups is 1. The summed E-state index contributed by atoms with van der Waals surface area (Å²) < 4.78 is 0. The number of nitrogens with zero attached hydrogens (tertiary/aromatic N) is 1. The molecule has 30 heavy (non-hydrogen) atoms. The van der Waals surface area contributed by atoms with Crippen molar-refractivity contribution in [3.05, 3.63) is 0 Å². The zero-order valence-electron chi connectivity index (χ0n) is 20.2. The molecule has 0 bridgehead atoms. The maximum atomic E-state index is 11.7. The lowest BCUT2D eigenvalue weighted by Gasteiger charge is -2.06. The van der Waals surface area contributed by atoms with Gasteiger partial charge in [-0.25, -0.2) is 4.79 Å². The molecule has 0 saturated heterocycles. The summed E-state index contributed by atoms with van der Waals surface area (Å²) in [7, 11) is 0. The third-order valence-electron chi connectivity index (χ3n) is 5.55. The van der Waals surface area contributed by atoms with Gasteiger partial charge in [-0.15, -0.1) is 0 Å². The highest BCUT2D eigenvalue weighted by atomic mass is 16.7. The van der Waals surface area contributed by atoms with Gasteiger partial charge in [0.25, 0.3) is 0 Å². The Balaban J connectivity index is 3.30. The fourth-order valence-electron chi connectivity index (χ4n) is 3.57. The Bertz CT molecular complexity index is 400. The van der Waals surface area contributed by atoms with Gasteiger partial charge >= 0.3 is 5.97 Å². The number of aliphatic imine (C=N–C) groups is 1. The highest BCUT2D eigenvalue weighted by Crippen LogP contribution is 2.13. The maximum absolute atomic E-state index is 11.7. The Morgan fingerprint density at radius 1 is 0.667 bits per heavy atom. The molecule has 0 aromatic carbocycles. The largest absolute Gasteiger partial charge is 0.368 e. The fourth-order valence-corrected chi connectivity index (χ4v) is 3.57. The molecule has 0 saturated carbocycles. The Hall–Kier alpha value is -1.26. The van der Waals surface area contributed by atoms with Crippen molar-refractivity contribution in [3.8, 4) is 0 Å². The lowest BCUT2D eigenvalue weighted by Crippen LogP contribution is -2.34. The van der Waals surface area contributed by atoms with Crippen molar-refractivity contribution in [2.45, 2.75) is 142 Å². The van der Waals surface area contributed by atoms with Crippen LogP contribution >= 0.6 is 0 Å². The maximum Gasteiger partial charge on any atom is 0.332 e. The van der Waals surface area contributed by atoms with Crippen LogP contribution in [0.5, 0.6) is 0 Å². The summed E-state index contributed by atoms with van der Waals surface area (Å²) in [5, 5.41) is 0. The van der Waals surface area contributed by atoms with Gasteiger partial charge in [-0.2, -0.15) is 5.48 Å². The average molecular weight is 426 g/mol. The molecule has 0 atom stereocenters. The Morgan fingerprint density at radius 2 is 1.07 bits per heavy atom. The van der Waals surface area contributed by atoms with Gasteiger partial charge in [0.2, 0.25) is 5.96 Å². The number of guanidine groups is 1. The number of hydroxylamine groups is 1. The molecule has 5 nitrogen and oxygen atoms in total. The Morgan fingerprint density at radius 3 is 1.53 bits per heavy atom. The summed E-state index contributed by atoms with van der Waals surface area (Å²) >= 11 is 0. The summed E-state index contributed by atoms with van der Waals surface area (Å²) in [6.45, 7) is 5.13. The lowest BCUT2D eigenvalue weighted by molar-refractivity contribution is -0.148. The van der Waals surface area contributed by atoms with Crippen LogP contribution in [0.2, 0.25) is 0 Å². The second kappa shape index (κ2) is 24.0. The van der Waals surface area contributed by atoms with Gasteiger partial charge < -0.3 is 10.6 Å². The van der Waals surface area contributed by atoms with Crippen molar-refractivity contribution in [3.63, 3.8) is 0 Å². The van der Waals surface area contributed by atoms with Crippen LogP contribution in [0.3, 0.4) is 0 Å². The van der Waals surface area contributed by atoms with E-state index in [1.54, 1.807) is 0 Å². The normalized spacial score (nSPS) is 11.6. The summed E-state index contributed by atoms with van der Waals surface area (Å²) in [6.07, 6.45) is 24.8. The Labute approximate surface area is 187 Å². The number of hydrogen-bond donors (Lipinski definition) is 2. The molecule has 3 N–H and O–H groups in total. The molecular weight excluding hydrogens is 374 g/mol. The molecule has 178 valence electrons. The summed E-state index contributed by atoms with van der Waals surface area (Å²) in [6, 6.07) is 0. The highest BCUT2D eigenvalue weighted by molar-refractivity contribution is 5.79. The topological polar surface area (TPSA) is 76.7 Å². The molecule has 5 heteroatoms. The molecule has 0 unspecified atom stereocenters. The number of nitrogens with one attached hydrogen (secondary N) is 1. The van der Waals surface area contributed by atoms with Gasteiger partial charge in [-0.1, -0.05) is 123 Å². The molecule has 0 heterocycles. The quantitative estimate of drug-likeness (QED) is 0.0882. The molecule has 0 amide bonds. The minimum atomic E-state index is -0.256. The van der Waals surface area contributed by atoms with Crippen LogP contribution in [0.4, 0.5) is 0 Å². The number of nitrogens with two attached hydrogens (primary N) is 1.